The van der Waals surface area contributed by atoms with Crippen LogP contribution in [0.25, 0.3) is 10.9 Å². The number of nitrogens with zero attached hydrogens (tertiary/aromatic N) is 3. The van der Waals surface area contributed by atoms with Crippen LogP contribution in [0.3, 0.4) is 0 Å². The Hall–Kier alpha value is -5.59. The van der Waals surface area contributed by atoms with Crippen LogP contribution in [-0.2, 0) is 0 Å². The molecule has 1 aromatic heterocycles. The van der Waals surface area contributed by atoms with Gasteiger partial charge in [0.05, 0.1) is 17.3 Å². The van der Waals surface area contributed by atoms with Crippen LogP contribution in [0.2, 0.25) is 0 Å². The molecule has 1 amide bonds. The number of hydrogen-bond acceptors (Lipinski definition) is 4. The number of rotatable bonds is 2. The highest BCUT2D eigenvalue weighted by molar-refractivity contribution is 7.00. The van der Waals surface area contributed by atoms with Gasteiger partial charge in [-0.1, -0.05) is 120 Å². The first-order valence-electron chi connectivity index (χ1n) is 15.2. The Labute approximate surface area is 259 Å². The second-order valence-corrected chi connectivity index (χ2v) is 12.1. The Kier molecular flexibility index (Phi) is 4.82. The maximum absolute atomic E-state index is 15.1. The number of carbonyl (C=O) groups excluding carboxylic acids is 1. The molecule has 0 spiro atoms. The van der Waals surface area contributed by atoms with E-state index in [9.17, 15) is 9.90 Å². The van der Waals surface area contributed by atoms with Crippen LogP contribution in [-0.4, -0.2) is 29.1 Å². The predicted octanol–water partition coefficient (Wildman–Crippen LogP) is 2.88. The van der Waals surface area contributed by atoms with Crippen LogP contribution < -0.4 is 42.5 Å². The van der Waals surface area contributed by atoms with Crippen molar-refractivity contribution in [1.82, 2.24) is 4.57 Å². The molecule has 0 saturated heterocycles. The highest BCUT2D eigenvalue weighted by atomic mass is 16.3. The van der Waals surface area contributed by atoms with Gasteiger partial charge in [-0.25, -0.2) is 14.3 Å². The molecule has 0 saturated carbocycles. The van der Waals surface area contributed by atoms with Crippen molar-refractivity contribution < 1.29 is 9.90 Å². The summed E-state index contributed by atoms with van der Waals surface area (Å²) < 4.78 is 1.72. The zero-order valence-electron chi connectivity index (χ0n) is 24.0. The number of fused-ring (bicyclic) bond motifs is 4. The van der Waals surface area contributed by atoms with Crippen LogP contribution >= 0.6 is 0 Å². The van der Waals surface area contributed by atoms with Gasteiger partial charge in [0.2, 0.25) is 6.71 Å². The van der Waals surface area contributed by atoms with Crippen molar-refractivity contribution in [3.8, 4) is 0 Å². The molecule has 0 bridgehead atoms. The lowest BCUT2D eigenvalue weighted by atomic mass is 9.30. The molecule has 210 valence electrons. The topological polar surface area (TPSA) is 65.8 Å². The minimum absolute atomic E-state index is 0.0907. The molecule has 5 heterocycles. The first-order chi connectivity index (χ1) is 22.1. The molecule has 1 atom stereocenters. The summed E-state index contributed by atoms with van der Waals surface area (Å²) in [5.74, 6) is 1.17. The highest BCUT2D eigenvalue weighted by Gasteiger charge is 2.55. The third kappa shape index (κ3) is 2.99. The van der Waals surface area contributed by atoms with E-state index in [2.05, 4.69) is 47.4 Å². The molecule has 6 nitrogen and oxygen atoms in total. The number of amides is 1. The second kappa shape index (κ2) is 8.74. The number of aromatic nitrogens is 1. The molecule has 1 unspecified atom stereocenters. The largest absolute Gasteiger partial charge is 0.385 e. The first kappa shape index (κ1) is 24.8. The van der Waals surface area contributed by atoms with Gasteiger partial charge in [-0.3, -0.25) is 9.69 Å². The van der Waals surface area contributed by atoms with E-state index >= 15 is 4.79 Å². The lowest BCUT2D eigenvalue weighted by Gasteiger charge is -2.53. The van der Waals surface area contributed by atoms with Crippen molar-refractivity contribution in [3.05, 3.63) is 154 Å². The fourth-order valence-electron chi connectivity index (χ4n) is 8.22. The second-order valence-electron chi connectivity index (χ2n) is 12.1. The van der Waals surface area contributed by atoms with Gasteiger partial charge in [0.25, 0.3) is 6.71 Å². The highest BCUT2D eigenvalue weighted by Crippen LogP contribution is 2.50. The number of aliphatic hydroxyl groups is 1. The van der Waals surface area contributed by atoms with Gasteiger partial charge in [-0.2, -0.15) is 0 Å². The van der Waals surface area contributed by atoms with Crippen molar-refractivity contribution in [1.29, 1.82) is 0 Å². The van der Waals surface area contributed by atoms with Crippen molar-refractivity contribution in [3.63, 3.8) is 0 Å². The van der Waals surface area contributed by atoms with E-state index in [-0.39, 0.29) is 18.2 Å². The summed E-state index contributed by atoms with van der Waals surface area (Å²) in [5, 5.41) is 12.8. The zero-order chi connectivity index (χ0) is 30.0. The fraction of sp³-hybridized carbons (Fsp3) is 0.0270. The third-order valence-corrected chi connectivity index (χ3v) is 9.94. The van der Waals surface area contributed by atoms with Crippen molar-refractivity contribution >= 4 is 74.9 Å². The van der Waals surface area contributed by atoms with E-state index in [1.807, 2.05) is 84.9 Å². The lowest BCUT2D eigenvalue weighted by molar-refractivity contribution is 0.218. The molecular weight excluding hydrogens is 556 g/mol. The predicted molar refractivity (Wildman–Crippen MR) is 181 cm³/mol. The molecule has 0 fully saturated rings. The Bertz CT molecular complexity index is 2370. The molecule has 4 aliphatic heterocycles. The van der Waals surface area contributed by atoms with Crippen LogP contribution in [0.15, 0.2) is 143 Å². The molecule has 4 aliphatic rings. The first-order valence-corrected chi connectivity index (χ1v) is 15.2. The van der Waals surface area contributed by atoms with Gasteiger partial charge in [-0.15, -0.1) is 0 Å². The van der Waals surface area contributed by atoms with E-state index in [1.165, 1.54) is 0 Å². The van der Waals surface area contributed by atoms with Crippen LogP contribution in [0.5, 0.6) is 0 Å². The Morgan fingerprint density at radius 2 is 1.24 bits per heavy atom. The SMILES string of the molecule is O=C1N2C3=C(B(c4ccccc4)c4cccc5c4N3c3c(c(=O)c4ccccc4n31)B5c1ccccc1)C(O)c1ccccc12. The summed E-state index contributed by atoms with van der Waals surface area (Å²) in [6, 6.07) is 41.3. The number of aliphatic hydroxyl groups excluding tert-OH is 1. The van der Waals surface area contributed by atoms with Gasteiger partial charge in [0, 0.05) is 22.1 Å². The fourth-order valence-corrected chi connectivity index (χ4v) is 8.22. The lowest BCUT2D eigenvalue weighted by Crippen LogP contribution is -2.70. The minimum atomic E-state index is -0.962. The zero-order valence-corrected chi connectivity index (χ0v) is 24.0. The number of anilines is 3. The Morgan fingerprint density at radius 1 is 0.622 bits per heavy atom. The molecule has 10 rings (SSSR count). The number of pyridine rings is 1. The van der Waals surface area contributed by atoms with Crippen molar-refractivity contribution in [2.45, 2.75) is 6.10 Å². The normalized spacial score (nSPS) is 17.1. The quantitative estimate of drug-likeness (QED) is 0.321. The van der Waals surface area contributed by atoms with Gasteiger partial charge >= 0.3 is 6.03 Å². The van der Waals surface area contributed by atoms with E-state index in [0.29, 0.717) is 39.3 Å². The van der Waals surface area contributed by atoms with Gasteiger partial charge < -0.3 is 5.11 Å². The van der Waals surface area contributed by atoms with Crippen molar-refractivity contribution in [2.24, 2.45) is 0 Å². The van der Waals surface area contributed by atoms with Crippen molar-refractivity contribution in [2.75, 3.05) is 9.80 Å². The van der Waals surface area contributed by atoms with Gasteiger partial charge in [0.15, 0.2) is 5.43 Å². The maximum atomic E-state index is 15.1. The smallest absolute Gasteiger partial charge is 0.340 e. The average Bonchev–Trinajstić information content (AvgIpc) is 3.09. The average molecular weight is 579 g/mol. The molecule has 5 aromatic carbocycles. The minimum Gasteiger partial charge on any atom is -0.385 e. The molecular formula is C37H23B2N3O3. The standard InChI is InChI=1S/C37H23B2N3O3/c43-33-24-16-7-9-20-28(24)40-35-30(33)38(22-12-3-1-4-13-22)26-18-11-19-27-32(26)42(35)36-31(39(27)23-14-5-2-6-15-23)34(44)25-17-8-10-21-29(25)41(36)37(40)45/h1-21,33,43H. The third-order valence-electron chi connectivity index (χ3n) is 9.94. The summed E-state index contributed by atoms with van der Waals surface area (Å²) in [6.45, 7) is -0.711. The molecule has 0 radical (unpaired) electrons. The molecule has 45 heavy (non-hydrogen) atoms. The number of para-hydroxylation sites is 3. The number of benzene rings is 5. The number of carbonyl (C=O) groups is 1. The Balaban J connectivity index is 1.44. The summed E-state index contributed by atoms with van der Waals surface area (Å²) >= 11 is 0. The van der Waals surface area contributed by atoms with E-state index in [0.717, 1.165) is 33.0 Å². The number of hydrogen-bond donors (Lipinski definition) is 1. The Morgan fingerprint density at radius 3 is 2.00 bits per heavy atom. The van der Waals surface area contributed by atoms with Crippen LogP contribution in [0.1, 0.15) is 11.7 Å². The summed E-state index contributed by atoms with van der Waals surface area (Å²) in [6.07, 6.45) is -0.962. The van der Waals surface area contributed by atoms with Crippen LogP contribution in [0, 0.1) is 0 Å². The molecule has 0 aliphatic carbocycles. The van der Waals surface area contributed by atoms with E-state index in [4.69, 9.17) is 0 Å². The van der Waals surface area contributed by atoms with Crippen LogP contribution in [0.4, 0.5) is 22.0 Å². The summed E-state index contributed by atoms with van der Waals surface area (Å²) in [4.78, 5) is 33.6. The van der Waals surface area contributed by atoms with Gasteiger partial charge in [-0.05, 0) is 34.6 Å². The molecule has 1 N–H and O–H groups in total. The molecule has 8 heteroatoms. The summed E-state index contributed by atoms with van der Waals surface area (Å²) in [7, 11) is 0. The maximum Gasteiger partial charge on any atom is 0.340 e. The van der Waals surface area contributed by atoms with Gasteiger partial charge in [0.1, 0.15) is 11.6 Å². The van der Waals surface area contributed by atoms with E-state index < -0.39 is 12.8 Å². The summed E-state index contributed by atoms with van der Waals surface area (Å²) in [5.41, 5.74) is 8.09. The molecule has 6 aromatic rings. The monoisotopic (exact) mass is 579 g/mol. The van der Waals surface area contributed by atoms with E-state index in [1.54, 1.807) is 9.47 Å².